The number of ether oxygens (including phenoxy) is 1. The predicted molar refractivity (Wildman–Crippen MR) is 103 cm³/mol. The Morgan fingerprint density at radius 3 is 2.86 bits per heavy atom. The lowest BCUT2D eigenvalue weighted by molar-refractivity contribution is 0.0710. The van der Waals surface area contributed by atoms with E-state index in [1.165, 1.54) is 29.3 Å². The number of nitrogens with two attached hydrogens (primary N) is 1. The number of sulfone groups is 1. The van der Waals surface area contributed by atoms with Gasteiger partial charge < -0.3 is 15.8 Å². The van der Waals surface area contributed by atoms with Crippen molar-refractivity contribution in [3.8, 4) is 17.0 Å². The Morgan fingerprint density at radius 1 is 1.46 bits per heavy atom. The van der Waals surface area contributed by atoms with Crippen molar-refractivity contribution in [2.45, 2.75) is 24.6 Å². The Labute approximate surface area is 167 Å². The maximum absolute atomic E-state index is 14.0. The van der Waals surface area contributed by atoms with Gasteiger partial charge in [0.15, 0.2) is 15.6 Å². The molecule has 1 amide bonds. The second-order valence-electron chi connectivity index (χ2n) is 6.42. The van der Waals surface area contributed by atoms with E-state index in [9.17, 15) is 17.6 Å². The monoisotopic (exact) mass is 433 g/mol. The van der Waals surface area contributed by atoms with Crippen LogP contribution in [0.5, 0.6) is 5.75 Å². The molecule has 12 heteroatoms. The number of rotatable bonds is 6. The van der Waals surface area contributed by atoms with Crippen molar-refractivity contribution < 1.29 is 22.3 Å². The Kier molecular flexibility index (Phi) is 6.96. The van der Waals surface area contributed by atoms with Gasteiger partial charge in [-0.1, -0.05) is 0 Å². The molecule has 0 aromatic carbocycles. The Morgan fingerprint density at radius 2 is 2.21 bits per heavy atom. The Balaban J connectivity index is 0.00000280. The van der Waals surface area contributed by atoms with E-state index in [0.29, 0.717) is 24.2 Å². The number of carbonyl (C=O) groups is 1. The van der Waals surface area contributed by atoms with Crippen molar-refractivity contribution in [1.82, 2.24) is 20.1 Å². The SMILES string of the molecule is CS(=O)(=O)Cn1cc(-c2cc(C(N)=O)c(O[C@@H]3CCNC[C@@H]3F)cn2)cn1.Cl. The third-order valence-corrected chi connectivity index (χ3v) is 4.79. The second kappa shape index (κ2) is 8.84. The molecule has 9 nitrogen and oxygen atoms in total. The van der Waals surface area contributed by atoms with Crippen molar-refractivity contribution in [1.29, 1.82) is 0 Å². The van der Waals surface area contributed by atoms with E-state index >= 15 is 0 Å². The molecule has 3 N–H and O–H groups in total. The number of aromatic nitrogens is 3. The van der Waals surface area contributed by atoms with Gasteiger partial charge in [-0.3, -0.25) is 14.5 Å². The lowest BCUT2D eigenvalue weighted by atomic mass is 10.1. The molecule has 0 bridgehead atoms. The fourth-order valence-corrected chi connectivity index (χ4v) is 3.41. The standard InChI is InChI=1S/C16H20FN5O4S.ClH/c1-27(24,25)9-22-8-10(5-21-22)13-4-11(16(18)23)15(7-20-13)26-14-2-3-19-6-12(14)17;/h4-5,7-8,12,14,19H,2-3,6,9H2,1H3,(H2,18,23);1H/t12-,14+;/m0./s1. The van der Waals surface area contributed by atoms with Gasteiger partial charge in [0, 0.05) is 24.6 Å². The zero-order valence-electron chi connectivity index (χ0n) is 15.0. The summed E-state index contributed by atoms with van der Waals surface area (Å²) in [7, 11) is -3.25. The summed E-state index contributed by atoms with van der Waals surface area (Å²) >= 11 is 0. The van der Waals surface area contributed by atoms with Crippen LogP contribution in [0.25, 0.3) is 11.3 Å². The zero-order valence-corrected chi connectivity index (χ0v) is 16.7. The maximum atomic E-state index is 14.0. The third-order valence-electron chi connectivity index (χ3n) is 4.06. The van der Waals surface area contributed by atoms with Gasteiger partial charge in [0.1, 0.15) is 18.2 Å². The highest BCUT2D eigenvalue weighted by atomic mass is 35.5. The molecule has 2 atom stereocenters. The van der Waals surface area contributed by atoms with Crippen LogP contribution in [0.3, 0.4) is 0 Å². The van der Waals surface area contributed by atoms with Crippen LogP contribution < -0.4 is 15.8 Å². The molecule has 2 aromatic heterocycles. The first-order chi connectivity index (χ1) is 12.7. The lowest BCUT2D eigenvalue weighted by Crippen LogP contribution is -2.44. The first kappa shape index (κ1) is 22.1. The summed E-state index contributed by atoms with van der Waals surface area (Å²) in [6, 6.07) is 1.42. The largest absolute Gasteiger partial charge is 0.485 e. The molecule has 0 saturated carbocycles. The number of primary amides is 1. The molecule has 2 aromatic rings. The van der Waals surface area contributed by atoms with E-state index < -0.39 is 28.0 Å². The number of carbonyl (C=O) groups excluding carboxylic acids is 1. The molecular formula is C16H21ClFN5O4S. The quantitative estimate of drug-likeness (QED) is 0.680. The molecular weight excluding hydrogens is 413 g/mol. The van der Waals surface area contributed by atoms with Crippen molar-refractivity contribution in [2.75, 3.05) is 19.3 Å². The predicted octanol–water partition coefficient (Wildman–Crippen LogP) is 0.547. The first-order valence-electron chi connectivity index (χ1n) is 8.25. The smallest absolute Gasteiger partial charge is 0.252 e. The van der Waals surface area contributed by atoms with Crippen LogP contribution in [-0.2, 0) is 15.7 Å². The summed E-state index contributed by atoms with van der Waals surface area (Å²) in [6.45, 7) is 0.795. The van der Waals surface area contributed by atoms with Crippen LogP contribution in [0.1, 0.15) is 16.8 Å². The van der Waals surface area contributed by atoms with Crippen LogP contribution in [-0.4, -0.2) is 60.7 Å². The molecule has 1 aliphatic rings. The molecule has 0 unspecified atom stereocenters. The van der Waals surface area contributed by atoms with E-state index in [4.69, 9.17) is 10.5 Å². The zero-order chi connectivity index (χ0) is 19.6. The average molecular weight is 434 g/mol. The summed E-state index contributed by atoms with van der Waals surface area (Å²) in [5.41, 5.74) is 6.39. The van der Waals surface area contributed by atoms with E-state index in [2.05, 4.69) is 15.4 Å². The molecule has 3 heterocycles. The lowest BCUT2D eigenvalue weighted by Gasteiger charge is -2.27. The number of piperidine rings is 1. The molecule has 0 radical (unpaired) electrons. The van der Waals surface area contributed by atoms with Crippen molar-refractivity contribution in [2.24, 2.45) is 5.73 Å². The number of nitrogens with one attached hydrogen (secondary N) is 1. The number of alkyl halides is 1. The molecule has 1 fully saturated rings. The molecule has 28 heavy (non-hydrogen) atoms. The number of amides is 1. The highest BCUT2D eigenvalue weighted by molar-refractivity contribution is 7.89. The second-order valence-corrected chi connectivity index (χ2v) is 8.53. The number of pyridine rings is 1. The summed E-state index contributed by atoms with van der Waals surface area (Å²) in [5.74, 6) is -0.893. The van der Waals surface area contributed by atoms with E-state index in [1.54, 1.807) is 0 Å². The van der Waals surface area contributed by atoms with Crippen LogP contribution >= 0.6 is 12.4 Å². The van der Waals surface area contributed by atoms with Crippen LogP contribution in [0.4, 0.5) is 4.39 Å². The van der Waals surface area contributed by atoms with Gasteiger partial charge in [-0.05, 0) is 19.0 Å². The van der Waals surface area contributed by atoms with Crippen molar-refractivity contribution in [3.63, 3.8) is 0 Å². The van der Waals surface area contributed by atoms with Gasteiger partial charge in [-0.2, -0.15) is 5.10 Å². The highest BCUT2D eigenvalue weighted by Gasteiger charge is 2.28. The summed E-state index contributed by atoms with van der Waals surface area (Å²) in [6.07, 6.45) is 3.92. The molecule has 1 saturated heterocycles. The van der Waals surface area contributed by atoms with E-state index in [0.717, 1.165) is 6.26 Å². The summed E-state index contributed by atoms with van der Waals surface area (Å²) in [4.78, 5) is 16.0. The molecule has 1 aliphatic heterocycles. The normalized spacial score (nSPS) is 19.6. The first-order valence-corrected chi connectivity index (χ1v) is 10.3. The Hall–Kier alpha value is -2.24. The van der Waals surface area contributed by atoms with Crippen LogP contribution in [0.15, 0.2) is 24.7 Å². The van der Waals surface area contributed by atoms with Gasteiger partial charge in [0.2, 0.25) is 0 Å². The summed E-state index contributed by atoms with van der Waals surface area (Å²) < 4.78 is 43.6. The highest BCUT2D eigenvalue weighted by Crippen LogP contribution is 2.26. The van der Waals surface area contributed by atoms with Gasteiger partial charge in [0.05, 0.1) is 23.7 Å². The molecule has 0 spiro atoms. The number of hydrogen-bond acceptors (Lipinski definition) is 7. The minimum absolute atomic E-state index is 0. The van der Waals surface area contributed by atoms with Crippen LogP contribution in [0, 0.1) is 0 Å². The molecule has 154 valence electrons. The van der Waals surface area contributed by atoms with Gasteiger partial charge in [0.25, 0.3) is 5.91 Å². The molecule has 3 rings (SSSR count). The van der Waals surface area contributed by atoms with E-state index in [1.807, 2.05) is 0 Å². The van der Waals surface area contributed by atoms with Crippen LogP contribution in [0.2, 0.25) is 0 Å². The van der Waals surface area contributed by atoms with Crippen molar-refractivity contribution >= 4 is 28.2 Å². The number of nitrogens with zero attached hydrogens (tertiary/aromatic N) is 3. The fourth-order valence-electron chi connectivity index (χ4n) is 2.79. The Bertz CT molecular complexity index is 952. The van der Waals surface area contributed by atoms with Gasteiger partial charge in [-0.25, -0.2) is 12.8 Å². The third kappa shape index (κ3) is 5.40. The minimum Gasteiger partial charge on any atom is -0.485 e. The fraction of sp³-hybridized carbons (Fsp3) is 0.438. The summed E-state index contributed by atoms with van der Waals surface area (Å²) in [5, 5.41) is 6.89. The number of hydrogen-bond donors (Lipinski definition) is 2. The topological polar surface area (TPSA) is 129 Å². The maximum Gasteiger partial charge on any atom is 0.252 e. The van der Waals surface area contributed by atoms with Crippen molar-refractivity contribution in [3.05, 3.63) is 30.2 Å². The van der Waals surface area contributed by atoms with E-state index in [-0.39, 0.29) is 36.1 Å². The minimum atomic E-state index is -3.25. The van der Waals surface area contributed by atoms with Gasteiger partial charge >= 0.3 is 0 Å². The number of halogens is 2. The molecule has 0 aliphatic carbocycles. The average Bonchev–Trinajstić information content (AvgIpc) is 3.03. The van der Waals surface area contributed by atoms with Gasteiger partial charge in [-0.15, -0.1) is 12.4 Å².